The van der Waals surface area contributed by atoms with Gasteiger partial charge in [-0.05, 0) is 79.5 Å². The number of likely N-dealkylation sites (N-methyl/N-ethyl adjacent to an activating group) is 2. The smallest absolute Gasteiger partial charge is 0.410 e. The molecular formula is C62H89N9O15. The zero-order chi connectivity index (χ0) is 64.8. The number of ether oxygens (including phenoxy) is 1. The Morgan fingerprint density at radius 2 is 1.35 bits per heavy atom. The number of urea groups is 1. The van der Waals surface area contributed by atoms with Gasteiger partial charge in [0.25, 0.3) is 11.8 Å². The summed E-state index contributed by atoms with van der Waals surface area (Å²) in [4.78, 5) is 160. The standard InChI is InChI=1S/C62H89N9O15/c1-37(2)45(34-39(5)54(78)66-44(58(82)83)28-31-50(76)77)69(11)57(81)52(61(6,7)8)68-56(80)53(62(9,10)42-21-15-13-16-22-42)70(12)60(85)86-36-40-24-26-43(27-25-40)65-55(79)41(20-19-32-64-59(63)84)35-46(72)51(38(3)4)67-47(73)23-17-14-18-33-71-48(74)29-30-49(71)75/h13,15-16,21-22,24-27,29-30,34,37-38,41,44-45,51-53H,14,17-20,23,28,31-33,35-36H2,1-12H3,(H,65,79)(H,66,78)(H,67,73)(H,68,80)(H,76,77)(H,82,83)(H3,63,64,84)/b39-34+/t41-,44-,45-,51?,52-,53-/m1/s1. The quantitative estimate of drug-likeness (QED) is 0.0241. The molecule has 1 unspecified atom stereocenters. The lowest BCUT2D eigenvalue weighted by atomic mass is 9.76. The Bertz CT molecular complexity index is 2790. The van der Waals surface area contributed by atoms with Crippen molar-refractivity contribution >= 4 is 76.9 Å². The molecule has 10 amide bonds. The Balaban J connectivity index is 1.79. The molecule has 0 aliphatic carbocycles. The zero-order valence-electron chi connectivity index (χ0n) is 51.7. The second-order valence-electron chi connectivity index (χ2n) is 24.0. The Morgan fingerprint density at radius 3 is 1.90 bits per heavy atom. The van der Waals surface area contributed by atoms with Crippen molar-refractivity contribution in [2.75, 3.05) is 32.5 Å². The number of ketones is 1. The van der Waals surface area contributed by atoms with Gasteiger partial charge in [0.15, 0.2) is 5.78 Å². The maximum atomic E-state index is 14.9. The normalized spacial score (nSPS) is 14.7. The predicted octanol–water partition coefficient (Wildman–Crippen LogP) is 5.58. The number of aliphatic carboxylic acids is 2. The summed E-state index contributed by atoms with van der Waals surface area (Å²) in [5.74, 6) is -8.11. The van der Waals surface area contributed by atoms with Crippen LogP contribution in [0.15, 0.2) is 78.4 Å². The number of carboxylic acid groups (broad SMARTS) is 2. The minimum atomic E-state index is -1.47. The van der Waals surface area contributed by atoms with Crippen molar-refractivity contribution in [1.29, 1.82) is 0 Å². The third-order valence-electron chi connectivity index (χ3n) is 15.0. The fourth-order valence-electron chi connectivity index (χ4n) is 9.90. The van der Waals surface area contributed by atoms with Crippen LogP contribution in [-0.4, -0.2) is 154 Å². The number of Topliss-reactive ketones (excluding diaryl/α,β-unsaturated/α-hetero) is 1. The lowest BCUT2D eigenvalue weighted by Gasteiger charge is -2.42. The molecule has 1 aliphatic heterocycles. The lowest BCUT2D eigenvalue weighted by Crippen LogP contribution is -2.63. The molecule has 0 spiro atoms. The number of rotatable bonds is 34. The molecule has 0 fully saturated rings. The number of imide groups is 1. The molecule has 6 atom stereocenters. The maximum Gasteiger partial charge on any atom is 0.410 e. The average Bonchev–Trinajstić information content (AvgIpc) is 1.28. The van der Waals surface area contributed by atoms with E-state index in [2.05, 4.69) is 26.6 Å². The van der Waals surface area contributed by atoms with Gasteiger partial charge in [0, 0.05) is 81.2 Å². The van der Waals surface area contributed by atoms with Crippen LogP contribution in [0.4, 0.5) is 15.3 Å². The molecule has 0 bridgehead atoms. The number of unbranched alkanes of at least 4 members (excludes halogenated alkanes) is 2. The molecule has 1 heterocycles. The number of nitrogens with zero attached hydrogens (tertiary/aromatic N) is 3. The van der Waals surface area contributed by atoms with E-state index in [4.69, 9.17) is 15.6 Å². The fraction of sp³-hybridized carbons (Fsp3) is 0.548. The number of nitrogens with two attached hydrogens (primary N) is 1. The van der Waals surface area contributed by atoms with E-state index in [9.17, 15) is 62.6 Å². The van der Waals surface area contributed by atoms with Crippen molar-refractivity contribution in [1.82, 2.24) is 36.0 Å². The number of carbonyl (C=O) groups excluding carboxylic acids is 10. The van der Waals surface area contributed by atoms with E-state index in [0.717, 1.165) is 9.80 Å². The summed E-state index contributed by atoms with van der Waals surface area (Å²) in [6.07, 6.45) is 4.09. The lowest BCUT2D eigenvalue weighted by molar-refractivity contribution is -0.142. The summed E-state index contributed by atoms with van der Waals surface area (Å²) >= 11 is 0. The molecule has 9 N–H and O–H groups in total. The van der Waals surface area contributed by atoms with Gasteiger partial charge < -0.3 is 52.2 Å². The van der Waals surface area contributed by atoms with E-state index in [0.29, 0.717) is 42.5 Å². The van der Waals surface area contributed by atoms with Gasteiger partial charge in [-0.3, -0.25) is 53.0 Å². The maximum absolute atomic E-state index is 14.9. The number of carboxylic acids is 2. The number of amides is 10. The number of hydrogen-bond acceptors (Lipinski definition) is 13. The van der Waals surface area contributed by atoms with Crippen molar-refractivity contribution in [3.05, 3.63) is 89.5 Å². The summed E-state index contributed by atoms with van der Waals surface area (Å²) in [5.41, 5.74) is 4.84. The first-order valence-corrected chi connectivity index (χ1v) is 28.9. The van der Waals surface area contributed by atoms with E-state index in [1.807, 2.05) is 26.0 Å². The van der Waals surface area contributed by atoms with Gasteiger partial charge in [0.05, 0.1) is 12.1 Å². The Morgan fingerprint density at radius 1 is 0.733 bits per heavy atom. The van der Waals surface area contributed by atoms with E-state index in [-0.39, 0.29) is 86.3 Å². The number of anilines is 1. The van der Waals surface area contributed by atoms with Crippen LogP contribution in [0, 0.1) is 23.2 Å². The highest BCUT2D eigenvalue weighted by Crippen LogP contribution is 2.33. The highest BCUT2D eigenvalue weighted by molar-refractivity contribution is 6.12. The van der Waals surface area contributed by atoms with Gasteiger partial charge in [-0.15, -0.1) is 0 Å². The van der Waals surface area contributed by atoms with Gasteiger partial charge in [0.2, 0.25) is 29.5 Å². The number of carbonyl (C=O) groups is 12. The molecule has 2 aromatic carbocycles. The third-order valence-corrected chi connectivity index (χ3v) is 15.0. The minimum absolute atomic E-state index is 0.0722. The summed E-state index contributed by atoms with van der Waals surface area (Å²) in [6.45, 7) is 17.6. The molecule has 0 aromatic heterocycles. The van der Waals surface area contributed by atoms with Crippen LogP contribution in [0.25, 0.3) is 0 Å². The SMILES string of the molecule is C/C(=C\[C@H](C(C)C)N(C)C(=O)[C@@H](NC(=O)[C@@H](N(C)C(=O)OCc1ccc(NC(=O)[C@H](CCCNC(N)=O)CC(=O)C(NC(=O)CCCCCN2C(=O)C=CC2=O)C(C)C)cc1)C(C)(C)c1ccccc1)C(C)(C)C)C(=O)N[C@H](CCC(=O)O)C(=O)O. The molecule has 0 saturated carbocycles. The first-order valence-electron chi connectivity index (χ1n) is 28.9. The molecule has 472 valence electrons. The van der Waals surface area contributed by atoms with Crippen molar-refractivity contribution < 1.29 is 72.5 Å². The molecule has 1 aliphatic rings. The topological polar surface area (TPSA) is 350 Å². The average molecular weight is 1200 g/mol. The van der Waals surface area contributed by atoms with E-state index in [1.54, 1.807) is 90.9 Å². The Kier molecular flexibility index (Phi) is 27.8. The van der Waals surface area contributed by atoms with Gasteiger partial charge in [0.1, 0.15) is 24.7 Å². The van der Waals surface area contributed by atoms with Crippen LogP contribution in [0.5, 0.6) is 0 Å². The van der Waals surface area contributed by atoms with E-state index in [1.165, 1.54) is 44.1 Å². The fourth-order valence-corrected chi connectivity index (χ4v) is 9.90. The summed E-state index contributed by atoms with van der Waals surface area (Å²) in [6, 6.07) is 9.04. The van der Waals surface area contributed by atoms with Crippen LogP contribution in [-0.2, 0) is 64.7 Å². The van der Waals surface area contributed by atoms with E-state index >= 15 is 0 Å². The summed E-state index contributed by atoms with van der Waals surface area (Å²) in [7, 11) is 2.93. The van der Waals surface area contributed by atoms with Gasteiger partial charge >= 0.3 is 24.1 Å². The predicted molar refractivity (Wildman–Crippen MR) is 320 cm³/mol. The third kappa shape index (κ3) is 22.2. The van der Waals surface area contributed by atoms with Crippen molar-refractivity contribution in [3.63, 3.8) is 0 Å². The molecule has 24 nitrogen and oxygen atoms in total. The second kappa shape index (κ2) is 33.3. The van der Waals surface area contributed by atoms with Crippen LogP contribution in [0.3, 0.4) is 0 Å². The Labute approximate surface area is 503 Å². The Hall–Kier alpha value is -8.44. The molecule has 0 radical (unpaired) electrons. The zero-order valence-corrected chi connectivity index (χ0v) is 51.7. The van der Waals surface area contributed by atoms with Gasteiger partial charge in [-0.1, -0.05) is 117 Å². The molecule has 0 saturated heterocycles. The van der Waals surface area contributed by atoms with E-state index < -0.39 is 101 Å². The highest BCUT2D eigenvalue weighted by Gasteiger charge is 2.46. The monoisotopic (exact) mass is 1200 g/mol. The van der Waals surface area contributed by atoms with Gasteiger partial charge in [-0.2, -0.15) is 0 Å². The van der Waals surface area contributed by atoms with Crippen LogP contribution in [0.2, 0.25) is 0 Å². The second-order valence-corrected chi connectivity index (χ2v) is 24.0. The number of hydrogen-bond donors (Lipinski definition) is 8. The van der Waals surface area contributed by atoms with Crippen LogP contribution in [0.1, 0.15) is 138 Å². The minimum Gasteiger partial charge on any atom is -0.481 e. The highest BCUT2D eigenvalue weighted by atomic mass is 16.6. The molecule has 2 aromatic rings. The van der Waals surface area contributed by atoms with Gasteiger partial charge in [-0.25, -0.2) is 14.4 Å². The molecule has 86 heavy (non-hydrogen) atoms. The van der Waals surface area contributed by atoms with Crippen LogP contribution < -0.4 is 32.3 Å². The summed E-state index contributed by atoms with van der Waals surface area (Å²) < 4.78 is 5.80. The van der Waals surface area contributed by atoms with Crippen LogP contribution >= 0.6 is 0 Å². The number of benzene rings is 2. The first kappa shape index (κ1) is 71.8. The largest absolute Gasteiger partial charge is 0.481 e. The number of nitrogens with one attached hydrogen (secondary N) is 5. The first-order chi connectivity index (χ1) is 40.2. The van der Waals surface area contributed by atoms with Crippen molar-refractivity contribution in [2.24, 2.45) is 28.9 Å². The summed E-state index contributed by atoms with van der Waals surface area (Å²) in [5, 5.41) is 32.1. The molecular weight excluding hydrogens is 1110 g/mol. The van der Waals surface area contributed by atoms with Crippen molar-refractivity contribution in [3.8, 4) is 0 Å². The molecule has 3 rings (SSSR count). The molecule has 24 heteroatoms. The van der Waals surface area contributed by atoms with Crippen molar-refractivity contribution in [2.45, 2.75) is 169 Å². The number of primary amides is 1.